The Morgan fingerprint density at radius 3 is 1.64 bits per heavy atom. The summed E-state index contributed by atoms with van der Waals surface area (Å²) in [7, 11) is -0.390. The van der Waals surface area contributed by atoms with Crippen molar-refractivity contribution >= 4 is 14.3 Å². The lowest BCUT2D eigenvalue weighted by Gasteiger charge is -2.39. The smallest absolute Gasteiger partial charge is 0.308 e. The molecule has 28 heavy (non-hydrogen) atoms. The minimum Gasteiger partial charge on any atom is -0.469 e. The maximum absolute atomic E-state index is 11.8. The van der Waals surface area contributed by atoms with Crippen LogP contribution in [-0.4, -0.2) is 27.5 Å². The Morgan fingerprint density at radius 2 is 1.25 bits per heavy atom. The van der Waals surface area contributed by atoms with E-state index in [0.717, 1.165) is 12.8 Å². The molecule has 0 bridgehead atoms. The number of hydrogen-bond donors (Lipinski definition) is 0. The quantitative estimate of drug-likeness (QED) is 0.137. The van der Waals surface area contributed by atoms with Crippen molar-refractivity contribution in [1.29, 1.82) is 0 Å². The van der Waals surface area contributed by atoms with Gasteiger partial charge in [-0.15, -0.1) is 0 Å². The van der Waals surface area contributed by atoms with Crippen LogP contribution >= 0.6 is 0 Å². The molecule has 0 heterocycles. The molecule has 3 nitrogen and oxygen atoms in total. The highest BCUT2D eigenvalue weighted by molar-refractivity contribution is 6.74. The van der Waals surface area contributed by atoms with Crippen LogP contribution in [0, 0.1) is 0 Å². The third-order valence-corrected chi connectivity index (χ3v) is 10.8. The van der Waals surface area contributed by atoms with E-state index in [2.05, 4.69) is 40.8 Å². The fourth-order valence-electron chi connectivity index (χ4n) is 3.28. The molecule has 0 aliphatic carbocycles. The monoisotopic (exact) mass is 414 g/mol. The summed E-state index contributed by atoms with van der Waals surface area (Å²) in [6.07, 6.45) is 17.6. The van der Waals surface area contributed by atoms with Crippen molar-refractivity contribution in [2.45, 2.75) is 142 Å². The van der Waals surface area contributed by atoms with E-state index < -0.39 is 8.32 Å². The number of carbonyl (C=O) groups is 1. The van der Waals surface area contributed by atoms with Crippen molar-refractivity contribution in [2.75, 3.05) is 7.11 Å². The Balaban J connectivity index is 3.98. The second kappa shape index (κ2) is 15.5. The molecular weight excluding hydrogens is 364 g/mol. The van der Waals surface area contributed by atoms with E-state index in [9.17, 15) is 4.79 Å². The van der Waals surface area contributed by atoms with Crippen molar-refractivity contribution in [3.05, 3.63) is 0 Å². The first-order chi connectivity index (χ1) is 13.1. The summed E-state index contributed by atoms with van der Waals surface area (Å²) in [5.41, 5.74) is 0. The number of rotatable bonds is 17. The highest BCUT2D eigenvalue weighted by Crippen LogP contribution is 2.38. The average molecular weight is 415 g/mol. The minimum atomic E-state index is -1.86. The SMILES string of the molecule is CCCCCCCCCCCCCCC(CC(=O)OC)O[Si](C)(C)C(C)(C)C. The number of ether oxygens (including phenoxy) is 1. The normalized spacial score (nSPS) is 13.5. The van der Waals surface area contributed by atoms with Crippen LogP contribution in [0.3, 0.4) is 0 Å². The van der Waals surface area contributed by atoms with Gasteiger partial charge in [-0.05, 0) is 24.6 Å². The lowest BCUT2D eigenvalue weighted by Crippen LogP contribution is -2.44. The first kappa shape index (κ1) is 27.6. The largest absolute Gasteiger partial charge is 0.469 e. The average Bonchev–Trinajstić information content (AvgIpc) is 2.61. The molecule has 4 heteroatoms. The van der Waals surface area contributed by atoms with E-state index in [-0.39, 0.29) is 17.1 Å². The van der Waals surface area contributed by atoms with Crippen LogP contribution in [0.4, 0.5) is 0 Å². The Kier molecular flexibility index (Phi) is 15.3. The third kappa shape index (κ3) is 13.8. The third-order valence-electron chi connectivity index (χ3n) is 6.27. The predicted molar refractivity (Wildman–Crippen MR) is 124 cm³/mol. The van der Waals surface area contributed by atoms with Crippen molar-refractivity contribution in [3.8, 4) is 0 Å². The summed E-state index contributed by atoms with van der Waals surface area (Å²) < 4.78 is 11.4. The van der Waals surface area contributed by atoms with Crippen molar-refractivity contribution in [2.24, 2.45) is 0 Å². The molecule has 0 aliphatic heterocycles. The molecule has 0 aromatic rings. The van der Waals surface area contributed by atoms with Gasteiger partial charge in [0.25, 0.3) is 0 Å². The molecule has 0 amide bonds. The summed E-state index contributed by atoms with van der Waals surface area (Å²) in [6, 6.07) is 0. The molecular formula is C24H50O3Si. The summed E-state index contributed by atoms with van der Waals surface area (Å²) >= 11 is 0. The van der Waals surface area contributed by atoms with Gasteiger partial charge in [0.1, 0.15) is 0 Å². The van der Waals surface area contributed by atoms with E-state index in [4.69, 9.17) is 9.16 Å². The Bertz CT molecular complexity index is 388. The van der Waals surface area contributed by atoms with Gasteiger partial charge in [0.2, 0.25) is 0 Å². The van der Waals surface area contributed by atoms with Crippen molar-refractivity contribution < 1.29 is 14.0 Å². The van der Waals surface area contributed by atoms with Gasteiger partial charge in [-0.3, -0.25) is 4.79 Å². The maximum Gasteiger partial charge on any atom is 0.308 e. The van der Waals surface area contributed by atoms with Crippen molar-refractivity contribution in [3.63, 3.8) is 0 Å². The zero-order chi connectivity index (χ0) is 21.5. The zero-order valence-corrected chi connectivity index (χ0v) is 21.2. The second-order valence-corrected chi connectivity index (χ2v) is 14.7. The molecule has 0 saturated carbocycles. The standard InChI is InChI=1S/C24H50O3Si/c1-8-9-10-11-12-13-14-15-16-17-18-19-20-22(21-23(25)26-5)27-28(6,7)24(2,3)4/h22H,8-21H2,1-7H3. The molecule has 0 saturated heterocycles. The molecule has 0 aromatic carbocycles. The summed E-state index contributed by atoms with van der Waals surface area (Å²) in [5, 5.41) is 0.165. The molecule has 0 aromatic heterocycles. The fourth-order valence-corrected chi connectivity index (χ4v) is 4.67. The van der Waals surface area contributed by atoms with E-state index in [1.54, 1.807) is 0 Å². The molecule has 1 atom stereocenters. The van der Waals surface area contributed by atoms with E-state index in [1.807, 2.05) is 0 Å². The molecule has 0 spiro atoms. The van der Waals surface area contributed by atoms with Gasteiger partial charge >= 0.3 is 5.97 Å². The number of unbranched alkanes of at least 4 members (excludes halogenated alkanes) is 11. The van der Waals surface area contributed by atoms with Crippen LogP contribution in [0.2, 0.25) is 18.1 Å². The van der Waals surface area contributed by atoms with Gasteiger partial charge in [0, 0.05) is 0 Å². The van der Waals surface area contributed by atoms with Gasteiger partial charge in [0.05, 0.1) is 19.6 Å². The Morgan fingerprint density at radius 1 is 0.821 bits per heavy atom. The van der Waals surface area contributed by atoms with E-state index in [1.165, 1.54) is 77.7 Å². The first-order valence-corrected chi connectivity index (χ1v) is 14.8. The van der Waals surface area contributed by atoms with Gasteiger partial charge in [-0.1, -0.05) is 105 Å². The summed E-state index contributed by atoms with van der Waals surface area (Å²) in [4.78, 5) is 11.8. The van der Waals surface area contributed by atoms with Crippen LogP contribution in [-0.2, 0) is 14.0 Å². The van der Waals surface area contributed by atoms with Crippen LogP contribution < -0.4 is 0 Å². The predicted octanol–water partition coefficient (Wildman–Crippen LogP) is 8.03. The fraction of sp³-hybridized carbons (Fsp3) is 0.958. The summed E-state index contributed by atoms with van der Waals surface area (Å²) in [5.74, 6) is -0.150. The maximum atomic E-state index is 11.8. The van der Waals surface area contributed by atoms with Crippen LogP contribution in [0.15, 0.2) is 0 Å². The molecule has 0 fully saturated rings. The number of carbonyl (C=O) groups excluding carboxylic acids is 1. The van der Waals surface area contributed by atoms with Crippen LogP contribution in [0.5, 0.6) is 0 Å². The number of hydrogen-bond acceptors (Lipinski definition) is 3. The summed E-state index contributed by atoms with van der Waals surface area (Å²) in [6.45, 7) is 13.5. The van der Waals surface area contributed by atoms with E-state index in [0.29, 0.717) is 6.42 Å². The highest BCUT2D eigenvalue weighted by Gasteiger charge is 2.39. The van der Waals surface area contributed by atoms with E-state index >= 15 is 0 Å². The zero-order valence-electron chi connectivity index (χ0n) is 20.2. The molecule has 0 aliphatic rings. The molecule has 0 radical (unpaired) electrons. The van der Waals surface area contributed by atoms with Gasteiger partial charge < -0.3 is 9.16 Å². The number of methoxy groups -OCH3 is 1. The van der Waals surface area contributed by atoms with Gasteiger partial charge in [-0.2, -0.15) is 0 Å². The lowest BCUT2D eigenvalue weighted by molar-refractivity contribution is -0.142. The molecule has 1 unspecified atom stereocenters. The second-order valence-electron chi connectivity index (χ2n) is 9.96. The van der Waals surface area contributed by atoms with Crippen molar-refractivity contribution in [1.82, 2.24) is 0 Å². The topological polar surface area (TPSA) is 35.5 Å². The molecule has 168 valence electrons. The molecule has 0 N–H and O–H groups in total. The lowest BCUT2D eigenvalue weighted by atomic mass is 10.0. The Hall–Kier alpha value is -0.353. The minimum absolute atomic E-state index is 0.0106. The van der Waals surface area contributed by atoms with Crippen LogP contribution in [0.25, 0.3) is 0 Å². The Labute approximate surface area is 177 Å². The first-order valence-electron chi connectivity index (χ1n) is 11.9. The number of esters is 1. The van der Waals surface area contributed by atoms with Gasteiger partial charge in [-0.25, -0.2) is 0 Å². The highest BCUT2D eigenvalue weighted by atomic mass is 28.4. The van der Waals surface area contributed by atoms with Gasteiger partial charge in [0.15, 0.2) is 8.32 Å². The van der Waals surface area contributed by atoms with Crippen LogP contribution in [0.1, 0.15) is 118 Å². The molecule has 0 rings (SSSR count).